The van der Waals surface area contributed by atoms with E-state index in [0.717, 1.165) is 23.5 Å². The molecule has 5 heterocycles. The zero-order chi connectivity index (χ0) is 25.2. The number of fused-ring (bicyclic) bond motifs is 2. The van der Waals surface area contributed by atoms with Gasteiger partial charge in [0.05, 0.1) is 28.5 Å². The van der Waals surface area contributed by atoms with Gasteiger partial charge in [0.15, 0.2) is 17.3 Å². The Kier molecular flexibility index (Phi) is 6.21. The Morgan fingerprint density at radius 3 is 2.92 bits per heavy atom. The Bertz CT molecular complexity index is 1600. The number of allylic oxidation sites excluding steroid dienone is 1. The number of hydrogen-bond donors (Lipinski definition) is 3. The largest absolute Gasteiger partial charge is 0.347 e. The molecule has 0 radical (unpaired) electrons. The number of pyridine rings is 3. The monoisotopic (exact) mass is 484 g/mol. The van der Waals surface area contributed by atoms with Crippen LogP contribution in [0.15, 0.2) is 53.8 Å². The van der Waals surface area contributed by atoms with Crippen molar-refractivity contribution in [2.45, 2.75) is 20.4 Å². The molecule has 0 spiro atoms. The second-order valence-corrected chi connectivity index (χ2v) is 8.30. The third-order valence-electron chi connectivity index (χ3n) is 5.79. The molecule has 0 saturated carbocycles. The average Bonchev–Trinajstić information content (AvgIpc) is 3.52. The first-order chi connectivity index (χ1) is 17.5. The summed E-state index contributed by atoms with van der Waals surface area (Å²) in [6.45, 7) is 8.90. The van der Waals surface area contributed by atoms with Gasteiger partial charge in [-0.05, 0) is 37.9 Å². The van der Waals surface area contributed by atoms with E-state index in [-0.39, 0.29) is 11.1 Å². The van der Waals surface area contributed by atoms with Gasteiger partial charge in [-0.25, -0.2) is 14.4 Å². The maximum atomic E-state index is 15.9. The predicted molar refractivity (Wildman–Crippen MR) is 139 cm³/mol. The van der Waals surface area contributed by atoms with E-state index in [1.165, 1.54) is 0 Å². The fourth-order valence-electron chi connectivity index (χ4n) is 4.02. The standard InChI is InChI=1S/C25H25FN10/c1-5-28-9-15-8-16(11-29-10-15)21-20(26)19-17(12-31-21)34-35-23(19)25-32-22-18(6-7-30-24(22)33-25)36(4)13-14(2)27-3/h6-8,10-13,28H,3,5,9H2,1-2,4H3,(H,34,35)(H,30,32,33)/b14-13-. The lowest BCUT2D eigenvalue weighted by molar-refractivity contribution is 0.638. The van der Waals surface area contributed by atoms with E-state index in [1.54, 1.807) is 24.8 Å². The van der Waals surface area contributed by atoms with Crippen molar-refractivity contribution in [2.24, 2.45) is 4.99 Å². The highest BCUT2D eigenvalue weighted by atomic mass is 19.1. The highest BCUT2D eigenvalue weighted by Crippen LogP contribution is 2.33. The van der Waals surface area contributed by atoms with E-state index in [2.05, 4.69) is 47.2 Å². The molecule has 5 aromatic heterocycles. The zero-order valence-corrected chi connectivity index (χ0v) is 20.2. The van der Waals surface area contributed by atoms with Gasteiger partial charge in [0.25, 0.3) is 0 Å². The van der Waals surface area contributed by atoms with Gasteiger partial charge in [0, 0.05) is 43.9 Å². The van der Waals surface area contributed by atoms with Crippen LogP contribution in [0.1, 0.15) is 19.4 Å². The quantitative estimate of drug-likeness (QED) is 0.282. The summed E-state index contributed by atoms with van der Waals surface area (Å²) >= 11 is 0. The number of aromatic nitrogens is 7. The van der Waals surface area contributed by atoms with Crippen LogP contribution in [-0.4, -0.2) is 55.4 Å². The first-order valence-electron chi connectivity index (χ1n) is 11.4. The molecule has 10 nitrogen and oxygen atoms in total. The Labute approximate surface area is 206 Å². The molecule has 182 valence electrons. The van der Waals surface area contributed by atoms with Crippen LogP contribution in [0, 0.1) is 5.82 Å². The summed E-state index contributed by atoms with van der Waals surface area (Å²) in [4.78, 5) is 26.7. The number of hydrogen-bond acceptors (Lipinski definition) is 8. The molecule has 5 aromatic rings. The maximum Gasteiger partial charge on any atom is 0.161 e. The summed E-state index contributed by atoms with van der Waals surface area (Å²) in [6.07, 6.45) is 8.45. The lowest BCUT2D eigenvalue weighted by Gasteiger charge is -2.14. The van der Waals surface area contributed by atoms with Gasteiger partial charge in [0.1, 0.15) is 16.9 Å². The molecular weight excluding hydrogens is 459 g/mol. The molecule has 0 fully saturated rings. The molecule has 0 saturated heterocycles. The topological polar surface area (TPSA) is 124 Å². The summed E-state index contributed by atoms with van der Waals surface area (Å²) in [5.41, 5.74) is 5.26. The number of halogens is 1. The minimum absolute atomic E-state index is 0.197. The van der Waals surface area contributed by atoms with Gasteiger partial charge >= 0.3 is 0 Å². The zero-order valence-electron chi connectivity index (χ0n) is 20.2. The molecule has 3 N–H and O–H groups in total. The molecule has 0 aromatic carbocycles. The Morgan fingerprint density at radius 1 is 1.25 bits per heavy atom. The van der Waals surface area contributed by atoms with Crippen LogP contribution in [0.2, 0.25) is 0 Å². The van der Waals surface area contributed by atoms with E-state index >= 15 is 4.39 Å². The van der Waals surface area contributed by atoms with Crippen LogP contribution in [0.5, 0.6) is 0 Å². The summed E-state index contributed by atoms with van der Waals surface area (Å²) < 4.78 is 15.9. The molecule has 11 heteroatoms. The maximum absolute atomic E-state index is 15.9. The minimum Gasteiger partial charge on any atom is -0.347 e. The van der Waals surface area contributed by atoms with Crippen molar-refractivity contribution in [3.63, 3.8) is 0 Å². The molecule has 0 atom stereocenters. The third-order valence-corrected chi connectivity index (χ3v) is 5.79. The van der Waals surface area contributed by atoms with Crippen molar-refractivity contribution in [2.75, 3.05) is 18.5 Å². The second-order valence-electron chi connectivity index (χ2n) is 8.30. The molecule has 0 unspecified atom stereocenters. The van der Waals surface area contributed by atoms with E-state index in [0.29, 0.717) is 40.3 Å². The van der Waals surface area contributed by atoms with Crippen LogP contribution >= 0.6 is 0 Å². The summed E-state index contributed by atoms with van der Waals surface area (Å²) in [7, 11) is 1.89. The van der Waals surface area contributed by atoms with Crippen LogP contribution in [0.4, 0.5) is 10.1 Å². The Hall–Kier alpha value is -4.51. The van der Waals surface area contributed by atoms with Crippen LogP contribution in [0.25, 0.3) is 44.8 Å². The van der Waals surface area contributed by atoms with E-state index in [9.17, 15) is 0 Å². The fraction of sp³-hybridized carbons (Fsp3) is 0.200. The lowest BCUT2D eigenvalue weighted by atomic mass is 10.1. The summed E-state index contributed by atoms with van der Waals surface area (Å²) in [6, 6.07) is 3.73. The number of nitrogens with one attached hydrogen (secondary N) is 3. The van der Waals surface area contributed by atoms with Crippen LogP contribution < -0.4 is 10.2 Å². The second kappa shape index (κ2) is 9.62. The van der Waals surface area contributed by atoms with E-state index in [1.807, 2.05) is 44.1 Å². The highest BCUT2D eigenvalue weighted by Gasteiger charge is 2.21. The summed E-state index contributed by atoms with van der Waals surface area (Å²) in [5.74, 6) is -0.109. The molecule has 5 rings (SSSR count). The molecule has 0 amide bonds. The van der Waals surface area contributed by atoms with Crippen LogP contribution in [0.3, 0.4) is 0 Å². The number of H-pyrrole nitrogens is 2. The number of aromatic amines is 2. The SMILES string of the molecule is C=N/C(C)=C\N(C)c1ccnc2[nH]c(-c3n[nH]c4cnc(-c5cncc(CNCC)c5)c(F)c34)nc12. The molecule has 0 aliphatic heterocycles. The van der Waals surface area contributed by atoms with Crippen molar-refractivity contribution < 1.29 is 4.39 Å². The Balaban J connectivity index is 1.61. The third kappa shape index (κ3) is 4.20. The molecular formula is C25H25FN10. The average molecular weight is 485 g/mol. The lowest BCUT2D eigenvalue weighted by Crippen LogP contribution is -2.11. The van der Waals surface area contributed by atoms with Gasteiger partial charge in [-0.15, -0.1) is 0 Å². The summed E-state index contributed by atoms with van der Waals surface area (Å²) in [5, 5.41) is 10.8. The number of imidazole rings is 1. The van der Waals surface area contributed by atoms with Crippen LogP contribution in [-0.2, 0) is 6.54 Å². The van der Waals surface area contributed by atoms with E-state index in [4.69, 9.17) is 4.98 Å². The Morgan fingerprint density at radius 2 is 2.11 bits per heavy atom. The molecule has 0 aliphatic carbocycles. The smallest absolute Gasteiger partial charge is 0.161 e. The number of aliphatic imine (C=N–C) groups is 1. The molecule has 36 heavy (non-hydrogen) atoms. The van der Waals surface area contributed by atoms with Crippen molar-refractivity contribution in [3.8, 4) is 22.8 Å². The minimum atomic E-state index is -0.500. The number of nitrogens with zero attached hydrogens (tertiary/aromatic N) is 7. The predicted octanol–water partition coefficient (Wildman–Crippen LogP) is 4.20. The van der Waals surface area contributed by atoms with E-state index < -0.39 is 5.82 Å². The number of rotatable bonds is 8. The van der Waals surface area contributed by atoms with Crippen molar-refractivity contribution in [1.82, 2.24) is 40.4 Å². The highest BCUT2D eigenvalue weighted by molar-refractivity contribution is 5.96. The fourth-order valence-corrected chi connectivity index (χ4v) is 4.02. The molecule has 0 aliphatic rings. The number of anilines is 1. The van der Waals surface area contributed by atoms with Crippen molar-refractivity contribution in [3.05, 3.63) is 60.2 Å². The van der Waals surface area contributed by atoms with Crippen molar-refractivity contribution in [1.29, 1.82) is 0 Å². The normalized spacial score (nSPS) is 11.9. The van der Waals surface area contributed by atoms with Crippen molar-refractivity contribution >= 4 is 34.5 Å². The van der Waals surface area contributed by atoms with Gasteiger partial charge in [-0.2, -0.15) is 5.10 Å². The first-order valence-corrected chi connectivity index (χ1v) is 11.4. The van der Waals surface area contributed by atoms with Gasteiger partial charge in [0.2, 0.25) is 0 Å². The van der Waals surface area contributed by atoms with Gasteiger partial charge < -0.3 is 15.2 Å². The van der Waals surface area contributed by atoms with Gasteiger partial charge in [-0.3, -0.25) is 20.1 Å². The molecule has 0 bridgehead atoms. The van der Waals surface area contributed by atoms with Gasteiger partial charge in [-0.1, -0.05) is 6.92 Å². The first kappa shape index (κ1) is 23.2.